The number of nitrogens with zero attached hydrogens (tertiary/aromatic N) is 2. The molecule has 0 radical (unpaired) electrons. The molecule has 1 unspecified atom stereocenters. The zero-order valence-corrected chi connectivity index (χ0v) is 13.2. The van der Waals surface area contributed by atoms with Gasteiger partial charge in [0.1, 0.15) is 0 Å². The van der Waals surface area contributed by atoms with Crippen molar-refractivity contribution in [3.63, 3.8) is 0 Å². The van der Waals surface area contributed by atoms with Gasteiger partial charge in [-0.25, -0.2) is 0 Å². The van der Waals surface area contributed by atoms with Crippen LogP contribution in [-0.4, -0.2) is 54.2 Å². The third-order valence-corrected chi connectivity index (χ3v) is 4.10. The van der Waals surface area contributed by atoms with Crippen LogP contribution in [0.15, 0.2) is 18.2 Å². The predicted molar refractivity (Wildman–Crippen MR) is 87.2 cm³/mol. The molecule has 0 saturated carbocycles. The third kappa shape index (κ3) is 4.86. The molecule has 1 N–H and O–H groups in total. The van der Waals surface area contributed by atoms with Gasteiger partial charge >= 0.3 is 0 Å². The number of aliphatic hydroxyl groups is 1. The first-order valence-electron chi connectivity index (χ1n) is 7.73. The Balaban J connectivity index is 1.84. The molecule has 1 aliphatic rings. The first kappa shape index (κ1) is 16.0. The Kier molecular flexibility index (Phi) is 5.81. The summed E-state index contributed by atoms with van der Waals surface area (Å²) in [6, 6.07) is 6.31. The molecule has 1 saturated heterocycles. The van der Waals surface area contributed by atoms with Gasteiger partial charge in [0.15, 0.2) is 0 Å². The van der Waals surface area contributed by atoms with Gasteiger partial charge in [-0.3, -0.25) is 9.80 Å². The van der Waals surface area contributed by atoms with Crippen LogP contribution in [0.5, 0.6) is 0 Å². The summed E-state index contributed by atoms with van der Waals surface area (Å²) in [5.74, 6) is 2.70. The van der Waals surface area contributed by atoms with Gasteiger partial charge in [0.2, 0.25) is 0 Å². The van der Waals surface area contributed by atoms with Gasteiger partial charge in [-0.2, -0.15) is 0 Å². The van der Waals surface area contributed by atoms with Gasteiger partial charge in [0.25, 0.3) is 0 Å². The number of hydrogen-bond acceptors (Lipinski definition) is 3. The van der Waals surface area contributed by atoms with E-state index >= 15 is 0 Å². The smallest absolute Gasteiger partial charge is 0.0917 e. The number of aryl methyl sites for hydroxylation is 2. The molecule has 0 aromatic heterocycles. The minimum absolute atomic E-state index is 0.402. The standard InChI is InChI=1S/C18H26N2O/c1-4-5-6-19-7-9-20(10-8-19)14-18(21)17-12-15(2)11-16(3)13-17/h1,11-13,18,21H,5-10,14H2,2-3H3. The number of piperazine rings is 1. The van der Waals surface area contributed by atoms with Gasteiger partial charge in [-0.05, 0) is 19.4 Å². The van der Waals surface area contributed by atoms with Crippen molar-refractivity contribution >= 4 is 0 Å². The molecule has 1 atom stereocenters. The molecule has 3 nitrogen and oxygen atoms in total. The number of benzene rings is 1. The van der Waals surface area contributed by atoms with E-state index in [1.807, 2.05) is 0 Å². The van der Waals surface area contributed by atoms with Crippen LogP contribution < -0.4 is 0 Å². The lowest BCUT2D eigenvalue weighted by atomic mass is 10.0. The molecule has 2 rings (SSSR count). The minimum Gasteiger partial charge on any atom is -0.387 e. The van der Waals surface area contributed by atoms with E-state index in [0.29, 0.717) is 6.54 Å². The van der Waals surface area contributed by atoms with E-state index in [1.165, 1.54) is 11.1 Å². The van der Waals surface area contributed by atoms with E-state index < -0.39 is 6.10 Å². The topological polar surface area (TPSA) is 26.7 Å². The molecule has 1 aliphatic heterocycles. The molecule has 3 heteroatoms. The Hall–Kier alpha value is -1.34. The molecule has 0 amide bonds. The molecule has 1 aromatic rings. The van der Waals surface area contributed by atoms with Crippen LogP contribution >= 0.6 is 0 Å². The second-order valence-electron chi connectivity index (χ2n) is 6.03. The second kappa shape index (κ2) is 7.61. The van der Waals surface area contributed by atoms with Crippen molar-refractivity contribution in [2.75, 3.05) is 39.3 Å². The highest BCUT2D eigenvalue weighted by Gasteiger charge is 2.19. The van der Waals surface area contributed by atoms with E-state index in [-0.39, 0.29) is 0 Å². The highest BCUT2D eigenvalue weighted by atomic mass is 16.3. The SMILES string of the molecule is C#CCCN1CCN(CC(O)c2cc(C)cc(C)c2)CC1. The second-order valence-corrected chi connectivity index (χ2v) is 6.03. The quantitative estimate of drug-likeness (QED) is 0.839. The molecule has 0 bridgehead atoms. The van der Waals surface area contributed by atoms with Crippen molar-refractivity contribution in [2.24, 2.45) is 0 Å². The van der Waals surface area contributed by atoms with Crippen LogP contribution in [0.25, 0.3) is 0 Å². The Labute approximate surface area is 128 Å². The molecule has 0 spiro atoms. The van der Waals surface area contributed by atoms with Crippen molar-refractivity contribution in [2.45, 2.75) is 26.4 Å². The van der Waals surface area contributed by atoms with E-state index in [9.17, 15) is 5.11 Å². The van der Waals surface area contributed by atoms with Crippen LogP contribution in [0, 0.1) is 26.2 Å². The van der Waals surface area contributed by atoms with E-state index in [1.54, 1.807) is 0 Å². The van der Waals surface area contributed by atoms with E-state index in [4.69, 9.17) is 6.42 Å². The Morgan fingerprint density at radius 3 is 2.24 bits per heavy atom. The molecule has 1 aromatic carbocycles. The normalized spacial score (nSPS) is 18.4. The Bertz CT molecular complexity index is 478. The summed E-state index contributed by atoms with van der Waals surface area (Å²) >= 11 is 0. The highest BCUT2D eigenvalue weighted by Crippen LogP contribution is 2.18. The number of aliphatic hydroxyl groups excluding tert-OH is 1. The maximum atomic E-state index is 10.4. The number of terminal acetylenes is 1. The average Bonchev–Trinajstić information content (AvgIpc) is 2.45. The maximum Gasteiger partial charge on any atom is 0.0917 e. The molecule has 21 heavy (non-hydrogen) atoms. The van der Waals surface area contributed by atoms with Crippen molar-refractivity contribution in [3.8, 4) is 12.3 Å². The number of hydrogen-bond donors (Lipinski definition) is 1. The summed E-state index contributed by atoms with van der Waals surface area (Å²) in [5, 5.41) is 10.4. The summed E-state index contributed by atoms with van der Waals surface area (Å²) in [7, 11) is 0. The van der Waals surface area contributed by atoms with Crippen molar-refractivity contribution in [1.29, 1.82) is 0 Å². The van der Waals surface area contributed by atoms with Gasteiger partial charge in [-0.15, -0.1) is 12.3 Å². The molecule has 1 fully saturated rings. The van der Waals surface area contributed by atoms with Crippen LogP contribution in [-0.2, 0) is 0 Å². The fourth-order valence-electron chi connectivity index (χ4n) is 2.97. The van der Waals surface area contributed by atoms with Crippen LogP contribution in [0.1, 0.15) is 29.2 Å². The van der Waals surface area contributed by atoms with Crippen molar-refractivity contribution in [1.82, 2.24) is 9.80 Å². The minimum atomic E-state index is -0.402. The lowest BCUT2D eigenvalue weighted by Crippen LogP contribution is -2.47. The number of β-amino-alcohol motifs (C(OH)–C–C–N with tert-alkyl or cyclic N) is 1. The number of rotatable bonds is 5. The van der Waals surface area contributed by atoms with Gasteiger partial charge in [0.05, 0.1) is 6.10 Å². The van der Waals surface area contributed by atoms with E-state index in [0.717, 1.165) is 44.7 Å². The van der Waals surface area contributed by atoms with Gasteiger partial charge in [-0.1, -0.05) is 29.3 Å². The van der Waals surface area contributed by atoms with Crippen molar-refractivity contribution < 1.29 is 5.11 Å². The third-order valence-electron chi connectivity index (χ3n) is 4.10. The molecule has 0 aliphatic carbocycles. The monoisotopic (exact) mass is 286 g/mol. The van der Waals surface area contributed by atoms with Gasteiger partial charge < -0.3 is 5.11 Å². The zero-order valence-electron chi connectivity index (χ0n) is 13.2. The zero-order chi connectivity index (χ0) is 15.2. The fraction of sp³-hybridized carbons (Fsp3) is 0.556. The summed E-state index contributed by atoms with van der Waals surface area (Å²) in [5.41, 5.74) is 3.45. The van der Waals surface area contributed by atoms with Crippen molar-refractivity contribution in [3.05, 3.63) is 34.9 Å². The first-order valence-corrected chi connectivity index (χ1v) is 7.73. The van der Waals surface area contributed by atoms with Crippen LogP contribution in [0.4, 0.5) is 0 Å². The Morgan fingerprint density at radius 1 is 1.10 bits per heavy atom. The lowest BCUT2D eigenvalue weighted by Gasteiger charge is -2.35. The largest absolute Gasteiger partial charge is 0.387 e. The maximum absolute atomic E-state index is 10.4. The summed E-state index contributed by atoms with van der Waals surface area (Å²) < 4.78 is 0. The summed E-state index contributed by atoms with van der Waals surface area (Å²) in [6.45, 7) is 9.96. The van der Waals surface area contributed by atoms with Gasteiger partial charge in [0, 0.05) is 45.7 Å². The predicted octanol–water partition coefficient (Wildman–Crippen LogP) is 1.98. The van der Waals surface area contributed by atoms with Crippen LogP contribution in [0.3, 0.4) is 0 Å². The molecular weight excluding hydrogens is 260 g/mol. The fourth-order valence-corrected chi connectivity index (χ4v) is 2.97. The molecule has 1 heterocycles. The summed E-state index contributed by atoms with van der Waals surface area (Å²) in [6.07, 6.45) is 5.73. The average molecular weight is 286 g/mol. The highest BCUT2D eigenvalue weighted by molar-refractivity contribution is 5.30. The van der Waals surface area contributed by atoms with E-state index in [2.05, 4.69) is 47.8 Å². The Morgan fingerprint density at radius 2 is 1.67 bits per heavy atom. The summed E-state index contributed by atoms with van der Waals surface area (Å²) in [4.78, 5) is 4.74. The molecule has 114 valence electrons. The van der Waals surface area contributed by atoms with Crippen LogP contribution in [0.2, 0.25) is 0 Å². The lowest BCUT2D eigenvalue weighted by molar-refractivity contribution is 0.0733. The first-order chi connectivity index (χ1) is 10.1. The molecular formula is C18H26N2O.